The number of halogens is 3. The van der Waals surface area contributed by atoms with Gasteiger partial charge >= 0.3 is 6.09 Å². The summed E-state index contributed by atoms with van der Waals surface area (Å²) in [5, 5.41) is 16.4. The molecule has 1 aliphatic carbocycles. The highest BCUT2D eigenvalue weighted by molar-refractivity contribution is 7.89. The maximum Gasteiger partial charge on any atom is 0.407 e. The van der Waals surface area contributed by atoms with E-state index in [-0.39, 0.29) is 45.9 Å². The number of hydrogen-bond donors (Lipinski definition) is 3. The predicted octanol–water partition coefficient (Wildman–Crippen LogP) is 3.95. The Labute approximate surface area is 261 Å². The molecule has 3 heterocycles. The van der Waals surface area contributed by atoms with Gasteiger partial charge in [-0.3, -0.25) is 14.7 Å². The number of nitrogens with one attached hydrogen (secondary N) is 2. The lowest BCUT2D eigenvalue weighted by Gasteiger charge is -2.38. The van der Waals surface area contributed by atoms with Crippen molar-refractivity contribution < 1.29 is 31.9 Å². The summed E-state index contributed by atoms with van der Waals surface area (Å²) in [7, 11) is -2.08. The van der Waals surface area contributed by atoms with Gasteiger partial charge in [0, 0.05) is 50.4 Å². The highest BCUT2D eigenvalue weighted by Crippen LogP contribution is 2.35. The molecule has 2 amide bonds. The van der Waals surface area contributed by atoms with Crippen molar-refractivity contribution >= 4 is 33.6 Å². The van der Waals surface area contributed by atoms with Crippen LogP contribution in [-0.2, 0) is 14.8 Å². The molecular formula is C30H38ClF2N5O5S. The van der Waals surface area contributed by atoms with Gasteiger partial charge in [0.05, 0.1) is 17.0 Å². The lowest BCUT2D eigenvalue weighted by Crippen LogP contribution is -2.57. The number of pyridine rings is 1. The van der Waals surface area contributed by atoms with Crippen molar-refractivity contribution in [1.29, 1.82) is 0 Å². The smallest absolute Gasteiger partial charge is 0.407 e. The average Bonchev–Trinajstić information content (AvgIpc) is 3.37. The number of amides is 2. The van der Waals surface area contributed by atoms with Gasteiger partial charge in [-0.2, -0.15) is 4.31 Å². The van der Waals surface area contributed by atoms with Gasteiger partial charge in [-0.25, -0.2) is 22.0 Å². The SMILES string of the molecule is CN(C(=O)O)[C@H](C(=O)N[C@H]1CCC[C@@H]1CC[C@H]1CN[C@@H]2CCCS(=O)(=O)N1C2)[C@H](c1cncc(F)c1)c1ccc(Cl)c(F)c1. The van der Waals surface area contributed by atoms with Gasteiger partial charge in [0.1, 0.15) is 17.7 Å². The summed E-state index contributed by atoms with van der Waals surface area (Å²) in [6.45, 7) is 1.06. The molecule has 0 radical (unpaired) electrons. The predicted molar refractivity (Wildman–Crippen MR) is 161 cm³/mol. The van der Waals surface area contributed by atoms with Gasteiger partial charge in [0.2, 0.25) is 15.9 Å². The van der Waals surface area contributed by atoms with Gasteiger partial charge in [0.15, 0.2) is 0 Å². The van der Waals surface area contributed by atoms with E-state index >= 15 is 0 Å². The van der Waals surface area contributed by atoms with Crippen molar-refractivity contribution in [3.8, 4) is 0 Å². The molecule has 7 atom stereocenters. The zero-order valence-corrected chi connectivity index (χ0v) is 26.0. The van der Waals surface area contributed by atoms with Crippen LogP contribution in [0.25, 0.3) is 0 Å². The molecule has 10 nitrogen and oxygen atoms in total. The molecule has 5 rings (SSSR count). The molecule has 3 fully saturated rings. The van der Waals surface area contributed by atoms with Crippen molar-refractivity contribution in [1.82, 2.24) is 24.8 Å². The molecule has 2 aromatic rings. The van der Waals surface area contributed by atoms with Crippen LogP contribution < -0.4 is 10.6 Å². The number of sulfonamides is 1. The molecule has 3 aliphatic rings. The van der Waals surface area contributed by atoms with E-state index in [1.54, 1.807) is 4.31 Å². The summed E-state index contributed by atoms with van der Waals surface area (Å²) in [6.07, 6.45) is 6.08. The van der Waals surface area contributed by atoms with Gasteiger partial charge < -0.3 is 15.7 Å². The molecule has 3 N–H and O–H groups in total. The normalized spacial score (nSPS) is 27.6. The maximum absolute atomic E-state index is 14.6. The first-order valence-corrected chi connectivity index (χ1v) is 17.0. The molecule has 0 spiro atoms. The Hall–Kier alpha value is -2.87. The van der Waals surface area contributed by atoms with E-state index in [1.165, 1.54) is 25.4 Å². The summed E-state index contributed by atoms with van der Waals surface area (Å²) < 4.78 is 56.4. The molecule has 1 unspecified atom stereocenters. The van der Waals surface area contributed by atoms with Gasteiger partial charge in [-0.05, 0) is 73.8 Å². The quantitative estimate of drug-likeness (QED) is 0.373. The van der Waals surface area contributed by atoms with Crippen molar-refractivity contribution in [3.05, 3.63) is 64.4 Å². The lowest BCUT2D eigenvalue weighted by molar-refractivity contribution is -0.127. The minimum atomic E-state index is -3.32. The first-order chi connectivity index (χ1) is 20.9. The lowest BCUT2D eigenvalue weighted by atomic mass is 9.84. The Bertz CT molecular complexity index is 1480. The van der Waals surface area contributed by atoms with E-state index in [1.807, 2.05) is 0 Å². The number of piperazine rings is 1. The van der Waals surface area contributed by atoms with Crippen LogP contribution in [0.3, 0.4) is 0 Å². The molecule has 1 aromatic carbocycles. The zero-order chi connectivity index (χ0) is 31.6. The van der Waals surface area contributed by atoms with Crippen molar-refractivity contribution in [2.24, 2.45) is 5.92 Å². The Kier molecular flexibility index (Phi) is 10.1. The number of rotatable bonds is 9. The number of nitrogens with zero attached hydrogens (tertiary/aromatic N) is 3. The number of carboxylic acid groups (broad SMARTS) is 1. The van der Waals surface area contributed by atoms with Crippen LogP contribution in [0.1, 0.15) is 62.0 Å². The van der Waals surface area contributed by atoms with Gasteiger partial charge in [0.25, 0.3) is 0 Å². The third-order valence-corrected chi connectivity index (χ3v) is 11.6. The number of hydrogen-bond acceptors (Lipinski definition) is 6. The highest BCUT2D eigenvalue weighted by Gasteiger charge is 2.41. The summed E-state index contributed by atoms with van der Waals surface area (Å²) >= 11 is 5.91. The third kappa shape index (κ3) is 7.16. The van der Waals surface area contributed by atoms with Crippen LogP contribution in [0.4, 0.5) is 13.6 Å². The van der Waals surface area contributed by atoms with Crippen LogP contribution in [-0.4, -0.2) is 89.8 Å². The Morgan fingerprint density at radius 1 is 1.16 bits per heavy atom. The molecule has 1 saturated carbocycles. The second-order valence-electron chi connectivity index (χ2n) is 12.1. The molecule has 240 valence electrons. The van der Waals surface area contributed by atoms with Crippen LogP contribution >= 0.6 is 11.6 Å². The van der Waals surface area contributed by atoms with Crippen LogP contribution in [0.15, 0.2) is 36.7 Å². The van der Waals surface area contributed by atoms with Gasteiger partial charge in [-0.1, -0.05) is 24.1 Å². The average molecular weight is 654 g/mol. The second-order valence-corrected chi connectivity index (χ2v) is 14.5. The molecule has 1 aromatic heterocycles. The summed E-state index contributed by atoms with van der Waals surface area (Å²) in [4.78, 5) is 31.0. The first kappa shape index (κ1) is 32.5. The minimum Gasteiger partial charge on any atom is -0.465 e. The fraction of sp³-hybridized carbons (Fsp3) is 0.567. The molecule has 2 bridgehead atoms. The van der Waals surface area contributed by atoms with E-state index < -0.39 is 45.6 Å². The largest absolute Gasteiger partial charge is 0.465 e. The highest BCUT2D eigenvalue weighted by atomic mass is 35.5. The Balaban J connectivity index is 1.37. The molecular weight excluding hydrogens is 616 g/mol. The van der Waals surface area contributed by atoms with E-state index in [0.29, 0.717) is 38.8 Å². The number of benzene rings is 1. The molecule has 14 heteroatoms. The van der Waals surface area contributed by atoms with Gasteiger partial charge in [-0.15, -0.1) is 0 Å². The number of carbonyl (C=O) groups excluding carboxylic acids is 1. The second kappa shape index (κ2) is 13.6. The van der Waals surface area contributed by atoms with E-state index in [9.17, 15) is 31.9 Å². The Morgan fingerprint density at radius 2 is 1.95 bits per heavy atom. The monoisotopic (exact) mass is 653 g/mol. The summed E-state index contributed by atoms with van der Waals surface area (Å²) in [5.41, 5.74) is 0.432. The number of likely N-dealkylation sites (N-methyl/N-ethyl adjacent to an activating group) is 1. The Morgan fingerprint density at radius 3 is 2.68 bits per heavy atom. The standard InChI is InChI=1S/C30H38ClF2N5O5S/c1-37(30(40)41)28(27(20-12-21(32)15-34-14-20)19-8-10-24(31)25(33)13-19)29(39)36-26-6-2-4-18(26)7-9-23-16-35-22-5-3-11-44(42,43)38(23)17-22/h8,10,12-15,18,22-23,26-28,35H,2-7,9,11,16-17H2,1H3,(H,36,39)(H,40,41)/t18-,22-,23+,26+,27+,28+/m1/s1. The fourth-order valence-electron chi connectivity index (χ4n) is 7.02. The molecule has 2 saturated heterocycles. The third-order valence-electron chi connectivity index (χ3n) is 9.31. The van der Waals surface area contributed by atoms with E-state index in [0.717, 1.165) is 42.5 Å². The number of aromatic nitrogens is 1. The summed E-state index contributed by atoms with van der Waals surface area (Å²) in [6, 6.07) is 3.40. The minimum absolute atomic E-state index is 0.0596. The van der Waals surface area contributed by atoms with Crippen molar-refractivity contribution in [3.63, 3.8) is 0 Å². The topological polar surface area (TPSA) is 132 Å². The van der Waals surface area contributed by atoms with Crippen molar-refractivity contribution in [2.45, 2.75) is 75.0 Å². The van der Waals surface area contributed by atoms with E-state index in [4.69, 9.17) is 11.6 Å². The number of carbonyl (C=O) groups is 2. The van der Waals surface area contributed by atoms with Crippen LogP contribution in [0, 0.1) is 17.6 Å². The molecule has 2 aliphatic heterocycles. The number of fused-ring (bicyclic) bond motifs is 2. The van der Waals surface area contributed by atoms with Crippen LogP contribution in [0.2, 0.25) is 5.02 Å². The first-order valence-electron chi connectivity index (χ1n) is 15.0. The van der Waals surface area contributed by atoms with E-state index in [2.05, 4.69) is 15.6 Å². The fourth-order valence-corrected chi connectivity index (χ4v) is 8.95. The maximum atomic E-state index is 14.6. The summed E-state index contributed by atoms with van der Waals surface area (Å²) in [5.74, 6) is -2.94. The van der Waals surface area contributed by atoms with Crippen LogP contribution in [0.5, 0.6) is 0 Å². The zero-order valence-electron chi connectivity index (χ0n) is 24.5. The van der Waals surface area contributed by atoms with Crippen molar-refractivity contribution in [2.75, 3.05) is 25.9 Å². The molecule has 44 heavy (non-hydrogen) atoms.